The van der Waals surface area contributed by atoms with Gasteiger partial charge in [0.1, 0.15) is 0 Å². The molecule has 1 heterocycles. The molecule has 2 aromatic carbocycles. The van der Waals surface area contributed by atoms with Crippen molar-refractivity contribution >= 4 is 40.4 Å². The summed E-state index contributed by atoms with van der Waals surface area (Å²) in [5.74, 6) is -1.08. The largest absolute Gasteiger partial charge is 0.478 e. The van der Waals surface area contributed by atoms with Gasteiger partial charge in [0.05, 0.1) is 22.3 Å². The number of anilines is 1. The predicted molar refractivity (Wildman–Crippen MR) is 88.8 cm³/mol. The molecule has 0 aliphatic carbocycles. The van der Waals surface area contributed by atoms with Crippen LogP contribution >= 0.6 is 11.8 Å². The fourth-order valence-corrected chi connectivity index (χ4v) is 2.74. The number of hydrogen-bond acceptors (Lipinski definition) is 4. The third-order valence-corrected chi connectivity index (χ3v) is 3.97. The van der Waals surface area contributed by atoms with E-state index in [9.17, 15) is 9.59 Å². The maximum Gasteiger partial charge on any atom is 0.335 e. The van der Waals surface area contributed by atoms with Crippen LogP contribution in [0.2, 0.25) is 0 Å². The highest BCUT2D eigenvalue weighted by molar-refractivity contribution is 7.99. The zero-order chi connectivity index (χ0) is 16.2. The first-order valence-electron chi connectivity index (χ1n) is 6.82. The van der Waals surface area contributed by atoms with Gasteiger partial charge in [-0.15, -0.1) is 0 Å². The van der Waals surface area contributed by atoms with Crippen molar-refractivity contribution in [1.82, 2.24) is 9.97 Å². The van der Waals surface area contributed by atoms with Crippen LogP contribution in [-0.4, -0.2) is 32.7 Å². The molecule has 0 saturated heterocycles. The number of thioether (sulfide) groups is 1. The molecule has 116 valence electrons. The SMILES string of the molecule is O=C(CSc1nc2ccccc2[nH]1)Nc1cccc(C(=O)O)c1. The molecule has 0 atom stereocenters. The van der Waals surface area contributed by atoms with Crippen LogP contribution in [-0.2, 0) is 4.79 Å². The van der Waals surface area contributed by atoms with Crippen LogP contribution in [0.1, 0.15) is 10.4 Å². The molecular weight excluding hydrogens is 314 g/mol. The fraction of sp³-hybridized carbons (Fsp3) is 0.0625. The Hall–Kier alpha value is -2.80. The molecule has 0 unspecified atom stereocenters. The fourth-order valence-electron chi connectivity index (χ4n) is 2.06. The summed E-state index contributed by atoms with van der Waals surface area (Å²) in [7, 11) is 0. The Morgan fingerprint density at radius 3 is 2.78 bits per heavy atom. The highest BCUT2D eigenvalue weighted by Crippen LogP contribution is 2.19. The van der Waals surface area contributed by atoms with E-state index in [1.54, 1.807) is 12.1 Å². The molecule has 3 aromatic rings. The number of carbonyl (C=O) groups is 2. The van der Waals surface area contributed by atoms with Crippen LogP contribution in [0.5, 0.6) is 0 Å². The molecule has 6 nitrogen and oxygen atoms in total. The standard InChI is InChI=1S/C16H13N3O3S/c20-14(17-11-5-3-4-10(8-11)15(21)22)9-23-16-18-12-6-1-2-7-13(12)19-16/h1-8H,9H2,(H,17,20)(H,18,19)(H,21,22). The van der Waals surface area contributed by atoms with Crippen LogP contribution < -0.4 is 5.32 Å². The van der Waals surface area contributed by atoms with E-state index in [2.05, 4.69) is 15.3 Å². The van der Waals surface area contributed by atoms with E-state index in [0.29, 0.717) is 10.8 Å². The van der Waals surface area contributed by atoms with Gasteiger partial charge in [0.15, 0.2) is 5.16 Å². The van der Waals surface area contributed by atoms with E-state index < -0.39 is 5.97 Å². The van der Waals surface area contributed by atoms with Gasteiger partial charge in [0, 0.05) is 5.69 Å². The molecule has 1 amide bonds. The van der Waals surface area contributed by atoms with E-state index in [1.165, 1.54) is 23.9 Å². The Morgan fingerprint density at radius 2 is 2.00 bits per heavy atom. The molecule has 3 rings (SSSR count). The first-order valence-corrected chi connectivity index (χ1v) is 7.81. The van der Waals surface area contributed by atoms with Gasteiger partial charge in [0.25, 0.3) is 0 Å². The summed E-state index contributed by atoms with van der Waals surface area (Å²) in [6, 6.07) is 13.8. The number of benzene rings is 2. The summed E-state index contributed by atoms with van der Waals surface area (Å²) in [5, 5.41) is 12.3. The number of nitrogens with zero attached hydrogens (tertiary/aromatic N) is 1. The average Bonchev–Trinajstić information content (AvgIpc) is 2.96. The summed E-state index contributed by atoms with van der Waals surface area (Å²) in [4.78, 5) is 30.4. The monoisotopic (exact) mass is 327 g/mol. The summed E-state index contributed by atoms with van der Waals surface area (Å²) >= 11 is 1.29. The van der Waals surface area contributed by atoms with Crippen molar-refractivity contribution in [2.75, 3.05) is 11.1 Å². The number of carboxylic acids is 1. The van der Waals surface area contributed by atoms with Crippen molar-refractivity contribution in [3.8, 4) is 0 Å². The molecule has 0 radical (unpaired) electrons. The minimum Gasteiger partial charge on any atom is -0.478 e. The van der Waals surface area contributed by atoms with E-state index in [1.807, 2.05) is 24.3 Å². The highest BCUT2D eigenvalue weighted by atomic mass is 32.2. The second-order valence-electron chi connectivity index (χ2n) is 4.78. The molecule has 0 saturated carbocycles. The average molecular weight is 327 g/mol. The molecule has 7 heteroatoms. The number of carbonyl (C=O) groups excluding carboxylic acids is 1. The van der Waals surface area contributed by atoms with Crippen LogP contribution in [0.25, 0.3) is 11.0 Å². The minimum atomic E-state index is -1.03. The van der Waals surface area contributed by atoms with Crippen molar-refractivity contribution in [2.24, 2.45) is 0 Å². The number of aromatic carboxylic acids is 1. The van der Waals surface area contributed by atoms with Crippen molar-refractivity contribution in [2.45, 2.75) is 5.16 Å². The Kier molecular flexibility index (Phi) is 4.29. The first kappa shape index (κ1) is 15.1. The number of H-pyrrole nitrogens is 1. The van der Waals surface area contributed by atoms with Gasteiger partial charge >= 0.3 is 5.97 Å². The number of rotatable bonds is 5. The number of aromatic nitrogens is 2. The molecule has 0 spiro atoms. The molecule has 0 aliphatic rings. The first-order chi connectivity index (χ1) is 11.1. The molecule has 0 bridgehead atoms. The molecule has 23 heavy (non-hydrogen) atoms. The maximum atomic E-state index is 12.0. The second kappa shape index (κ2) is 6.53. The minimum absolute atomic E-state index is 0.132. The van der Waals surface area contributed by atoms with E-state index in [4.69, 9.17) is 5.11 Å². The number of nitrogens with one attached hydrogen (secondary N) is 2. The van der Waals surface area contributed by atoms with Crippen molar-refractivity contribution in [3.05, 3.63) is 54.1 Å². The van der Waals surface area contributed by atoms with E-state index in [0.717, 1.165) is 11.0 Å². The van der Waals surface area contributed by atoms with Crippen LogP contribution in [0.4, 0.5) is 5.69 Å². The van der Waals surface area contributed by atoms with Crippen LogP contribution in [0.15, 0.2) is 53.7 Å². The highest BCUT2D eigenvalue weighted by Gasteiger charge is 2.09. The lowest BCUT2D eigenvalue weighted by molar-refractivity contribution is -0.113. The van der Waals surface area contributed by atoms with Gasteiger partial charge in [-0.1, -0.05) is 30.0 Å². The van der Waals surface area contributed by atoms with Crippen molar-refractivity contribution in [3.63, 3.8) is 0 Å². The van der Waals surface area contributed by atoms with Gasteiger partial charge in [-0.2, -0.15) is 0 Å². The Morgan fingerprint density at radius 1 is 1.17 bits per heavy atom. The normalized spacial score (nSPS) is 10.6. The second-order valence-corrected chi connectivity index (χ2v) is 5.75. The zero-order valence-corrected chi connectivity index (χ0v) is 12.8. The lowest BCUT2D eigenvalue weighted by atomic mass is 10.2. The smallest absolute Gasteiger partial charge is 0.335 e. The Labute approximate surface area is 135 Å². The lowest BCUT2D eigenvalue weighted by Gasteiger charge is -2.05. The maximum absolute atomic E-state index is 12.0. The molecule has 0 fully saturated rings. The van der Waals surface area contributed by atoms with Crippen LogP contribution in [0, 0.1) is 0 Å². The number of hydrogen-bond donors (Lipinski definition) is 3. The van der Waals surface area contributed by atoms with Gasteiger partial charge in [0.2, 0.25) is 5.91 Å². The quantitative estimate of drug-likeness (QED) is 0.626. The molecule has 3 N–H and O–H groups in total. The van der Waals surface area contributed by atoms with Gasteiger partial charge in [-0.3, -0.25) is 4.79 Å². The van der Waals surface area contributed by atoms with Gasteiger partial charge in [-0.25, -0.2) is 9.78 Å². The Bertz CT molecular complexity index is 843. The van der Waals surface area contributed by atoms with E-state index in [-0.39, 0.29) is 17.2 Å². The third-order valence-electron chi connectivity index (χ3n) is 3.10. The molecule has 1 aromatic heterocycles. The number of aromatic amines is 1. The summed E-state index contributed by atoms with van der Waals surface area (Å²) in [6.45, 7) is 0. The number of para-hydroxylation sites is 2. The molecule has 0 aliphatic heterocycles. The molecular formula is C16H13N3O3S. The zero-order valence-electron chi connectivity index (χ0n) is 11.9. The van der Waals surface area contributed by atoms with Crippen molar-refractivity contribution < 1.29 is 14.7 Å². The number of amides is 1. The lowest BCUT2D eigenvalue weighted by Crippen LogP contribution is -2.14. The summed E-state index contributed by atoms with van der Waals surface area (Å²) < 4.78 is 0. The number of carboxylic acid groups (broad SMARTS) is 1. The number of fused-ring (bicyclic) bond motifs is 1. The third kappa shape index (κ3) is 3.70. The van der Waals surface area contributed by atoms with Gasteiger partial charge < -0.3 is 15.4 Å². The van der Waals surface area contributed by atoms with E-state index >= 15 is 0 Å². The van der Waals surface area contributed by atoms with Crippen LogP contribution in [0.3, 0.4) is 0 Å². The number of imidazole rings is 1. The predicted octanol–water partition coefficient (Wildman–Crippen LogP) is 2.99. The topological polar surface area (TPSA) is 95.1 Å². The van der Waals surface area contributed by atoms with Gasteiger partial charge in [-0.05, 0) is 30.3 Å². The Balaban J connectivity index is 1.61. The summed E-state index contributed by atoms with van der Waals surface area (Å²) in [6.07, 6.45) is 0. The summed E-state index contributed by atoms with van der Waals surface area (Å²) in [5.41, 5.74) is 2.36. The van der Waals surface area contributed by atoms with Crippen molar-refractivity contribution in [1.29, 1.82) is 0 Å².